The highest BCUT2D eigenvalue weighted by Crippen LogP contribution is 2.33. The van der Waals surface area contributed by atoms with E-state index in [1.165, 1.54) is 5.57 Å². The van der Waals surface area contributed by atoms with Crippen molar-refractivity contribution in [3.63, 3.8) is 0 Å². The molecule has 1 aromatic carbocycles. The molecule has 0 fully saturated rings. The zero-order chi connectivity index (χ0) is 14.5. The second kappa shape index (κ2) is 6.85. The summed E-state index contributed by atoms with van der Waals surface area (Å²) < 4.78 is 14.1. The first-order valence-electron chi connectivity index (χ1n) is 7.01. The van der Waals surface area contributed by atoms with Gasteiger partial charge in [0, 0.05) is 6.54 Å². The monoisotopic (exact) mass is 263 g/mol. The highest BCUT2D eigenvalue weighted by Gasteiger charge is 2.23. The highest BCUT2D eigenvalue weighted by molar-refractivity contribution is 5.27. The number of benzene rings is 1. The van der Waals surface area contributed by atoms with E-state index in [4.69, 9.17) is 0 Å². The summed E-state index contributed by atoms with van der Waals surface area (Å²) in [5.74, 6) is -0.106. The van der Waals surface area contributed by atoms with E-state index in [1.807, 2.05) is 19.2 Å². The molecule has 0 saturated carbocycles. The van der Waals surface area contributed by atoms with Gasteiger partial charge >= 0.3 is 0 Å². The van der Waals surface area contributed by atoms with Crippen molar-refractivity contribution >= 4 is 0 Å². The number of hydrogen-bond acceptors (Lipinski definition) is 1. The molecule has 0 amide bonds. The summed E-state index contributed by atoms with van der Waals surface area (Å²) in [6.07, 6.45) is 2.80. The fraction of sp³-hybridized carbons (Fsp3) is 0.529. The minimum atomic E-state index is -0.106. The van der Waals surface area contributed by atoms with E-state index < -0.39 is 0 Å². The molecular weight excluding hydrogens is 237 g/mol. The van der Waals surface area contributed by atoms with Gasteiger partial charge in [0.25, 0.3) is 0 Å². The van der Waals surface area contributed by atoms with Gasteiger partial charge in [-0.3, -0.25) is 0 Å². The van der Waals surface area contributed by atoms with Crippen LogP contribution < -0.4 is 5.32 Å². The Bertz CT molecular complexity index is 435. The molecule has 0 aliphatic carbocycles. The summed E-state index contributed by atoms with van der Waals surface area (Å²) in [5.41, 5.74) is 2.91. The van der Waals surface area contributed by atoms with Crippen LogP contribution in [0.3, 0.4) is 0 Å². The molecule has 106 valence electrons. The molecule has 1 nitrogen and oxygen atoms in total. The molecule has 2 heteroatoms. The number of nitrogens with one attached hydrogen (secondary N) is 1. The fourth-order valence-corrected chi connectivity index (χ4v) is 2.29. The summed E-state index contributed by atoms with van der Waals surface area (Å²) in [6, 6.07) is 5.53. The van der Waals surface area contributed by atoms with Gasteiger partial charge in [0.2, 0.25) is 0 Å². The molecule has 1 aromatic rings. The Morgan fingerprint density at radius 1 is 1.37 bits per heavy atom. The second-order valence-electron chi connectivity index (χ2n) is 5.87. The van der Waals surface area contributed by atoms with Crippen LogP contribution in [0.5, 0.6) is 0 Å². The average Bonchev–Trinajstić information content (AvgIpc) is 2.33. The first-order valence-corrected chi connectivity index (χ1v) is 7.01. The van der Waals surface area contributed by atoms with Gasteiger partial charge in [0.15, 0.2) is 0 Å². The molecule has 1 N–H and O–H groups in total. The molecule has 0 heterocycles. The zero-order valence-corrected chi connectivity index (χ0v) is 12.6. The van der Waals surface area contributed by atoms with E-state index >= 15 is 0 Å². The predicted molar refractivity (Wildman–Crippen MR) is 80.7 cm³/mol. The van der Waals surface area contributed by atoms with Crippen LogP contribution in [-0.2, 0) is 13.0 Å². The Balaban J connectivity index is 2.84. The van der Waals surface area contributed by atoms with Crippen LogP contribution >= 0.6 is 0 Å². The smallest absolute Gasteiger partial charge is 0.126 e. The molecule has 0 atom stereocenters. The number of halogens is 1. The Hall–Kier alpha value is -1.15. The van der Waals surface area contributed by atoms with E-state index in [9.17, 15) is 4.39 Å². The van der Waals surface area contributed by atoms with Crippen molar-refractivity contribution in [1.29, 1.82) is 0 Å². The third kappa shape index (κ3) is 4.46. The lowest BCUT2D eigenvalue weighted by molar-refractivity contribution is 0.417. The lowest BCUT2D eigenvalue weighted by atomic mass is 9.77. The summed E-state index contributed by atoms with van der Waals surface area (Å²) in [5, 5.41) is 3.03. The van der Waals surface area contributed by atoms with E-state index in [0.29, 0.717) is 13.0 Å². The van der Waals surface area contributed by atoms with Gasteiger partial charge in [-0.1, -0.05) is 51.5 Å². The van der Waals surface area contributed by atoms with Crippen LogP contribution in [0.2, 0.25) is 0 Å². The Morgan fingerprint density at radius 3 is 2.58 bits per heavy atom. The lowest BCUT2D eigenvalue weighted by Crippen LogP contribution is -2.18. The minimum absolute atomic E-state index is 0.0542. The molecule has 0 bridgehead atoms. The molecule has 0 aromatic heterocycles. The summed E-state index contributed by atoms with van der Waals surface area (Å²) >= 11 is 0. The van der Waals surface area contributed by atoms with Crippen molar-refractivity contribution in [3.8, 4) is 0 Å². The topological polar surface area (TPSA) is 12.0 Å². The van der Waals surface area contributed by atoms with Gasteiger partial charge in [-0.15, -0.1) is 0 Å². The number of allylic oxidation sites excluding steroid dienone is 1. The third-order valence-corrected chi connectivity index (χ3v) is 3.64. The van der Waals surface area contributed by atoms with Gasteiger partial charge in [0.05, 0.1) is 0 Å². The van der Waals surface area contributed by atoms with Crippen molar-refractivity contribution in [1.82, 2.24) is 5.32 Å². The first kappa shape index (κ1) is 15.9. The van der Waals surface area contributed by atoms with Gasteiger partial charge in [-0.05, 0) is 42.5 Å². The number of rotatable bonds is 7. The molecular formula is C17H26FN. The quantitative estimate of drug-likeness (QED) is 0.716. The fourth-order valence-electron chi connectivity index (χ4n) is 2.29. The Morgan fingerprint density at radius 2 is 2.05 bits per heavy atom. The predicted octanol–water partition coefficient (Wildman–Crippen LogP) is 4.47. The van der Waals surface area contributed by atoms with Crippen LogP contribution in [0.25, 0.3) is 0 Å². The van der Waals surface area contributed by atoms with Crippen LogP contribution in [0, 0.1) is 11.2 Å². The van der Waals surface area contributed by atoms with Crippen molar-refractivity contribution in [2.75, 3.05) is 7.05 Å². The van der Waals surface area contributed by atoms with Crippen molar-refractivity contribution in [3.05, 3.63) is 47.3 Å². The van der Waals surface area contributed by atoms with E-state index in [-0.39, 0.29) is 11.2 Å². The lowest BCUT2D eigenvalue weighted by Gasteiger charge is -2.28. The van der Waals surface area contributed by atoms with E-state index in [1.54, 1.807) is 6.07 Å². The number of hydrogen-bond donors (Lipinski definition) is 1. The summed E-state index contributed by atoms with van der Waals surface area (Å²) in [4.78, 5) is 0. The summed E-state index contributed by atoms with van der Waals surface area (Å²) in [6.45, 7) is 11.3. The van der Waals surface area contributed by atoms with Crippen LogP contribution in [0.1, 0.15) is 44.7 Å². The van der Waals surface area contributed by atoms with Gasteiger partial charge < -0.3 is 5.32 Å². The van der Waals surface area contributed by atoms with Crippen LogP contribution in [0.4, 0.5) is 4.39 Å². The van der Waals surface area contributed by atoms with E-state index in [2.05, 4.69) is 32.7 Å². The van der Waals surface area contributed by atoms with Gasteiger partial charge in [-0.2, -0.15) is 0 Å². The summed E-state index contributed by atoms with van der Waals surface area (Å²) in [7, 11) is 1.86. The van der Waals surface area contributed by atoms with Gasteiger partial charge in [-0.25, -0.2) is 4.39 Å². The van der Waals surface area contributed by atoms with E-state index in [0.717, 1.165) is 24.0 Å². The molecule has 0 aliphatic rings. The molecule has 0 unspecified atom stereocenters. The highest BCUT2D eigenvalue weighted by atomic mass is 19.1. The molecule has 0 aliphatic heterocycles. The largest absolute Gasteiger partial charge is 0.316 e. The van der Waals surface area contributed by atoms with Gasteiger partial charge in [0.1, 0.15) is 5.82 Å². The minimum Gasteiger partial charge on any atom is -0.316 e. The maximum atomic E-state index is 14.1. The molecule has 0 radical (unpaired) electrons. The Labute approximate surface area is 116 Å². The first-order chi connectivity index (χ1) is 8.90. The molecule has 0 spiro atoms. The van der Waals surface area contributed by atoms with Crippen LogP contribution in [-0.4, -0.2) is 7.05 Å². The molecule has 19 heavy (non-hydrogen) atoms. The molecule has 0 saturated heterocycles. The van der Waals surface area contributed by atoms with Crippen LogP contribution in [0.15, 0.2) is 30.4 Å². The average molecular weight is 263 g/mol. The maximum Gasteiger partial charge on any atom is 0.126 e. The van der Waals surface area contributed by atoms with Crippen molar-refractivity contribution < 1.29 is 4.39 Å². The van der Waals surface area contributed by atoms with Crippen molar-refractivity contribution in [2.24, 2.45) is 5.41 Å². The SMILES string of the molecule is C=C(CCC)C(C)(C)Cc1ccc(CNC)cc1F. The Kier molecular flexibility index (Phi) is 5.74. The molecule has 1 rings (SSSR count). The standard InChI is InChI=1S/C17H26FN/c1-6-7-13(2)17(3,4)11-15-9-8-14(12-19-5)10-16(15)18/h8-10,19H,2,6-7,11-12H2,1,3-5H3. The third-order valence-electron chi connectivity index (χ3n) is 3.64. The second-order valence-corrected chi connectivity index (χ2v) is 5.87. The normalized spacial score (nSPS) is 11.6. The zero-order valence-electron chi connectivity index (χ0n) is 12.6. The van der Waals surface area contributed by atoms with Crippen molar-refractivity contribution in [2.45, 2.75) is 46.6 Å². The maximum absolute atomic E-state index is 14.1.